The molecule has 1 aliphatic carbocycles. The number of rotatable bonds is 5. The normalized spacial score (nSPS) is 17.4. The number of carbonyl (C=O) groups excluding carboxylic acids is 2. The minimum absolute atomic E-state index is 0.143. The third kappa shape index (κ3) is 3.64. The molecule has 92 valence electrons. The molecule has 6 heteroatoms. The molecule has 0 aromatic carbocycles. The van der Waals surface area contributed by atoms with E-state index in [1.807, 2.05) is 0 Å². The molecular formula is C10H17ClN2O3. The van der Waals surface area contributed by atoms with Crippen molar-refractivity contribution < 1.29 is 14.3 Å². The van der Waals surface area contributed by atoms with Crippen LogP contribution in [0.15, 0.2) is 0 Å². The number of imide groups is 1. The summed E-state index contributed by atoms with van der Waals surface area (Å²) in [6, 6.07) is -0.488. The Morgan fingerprint density at radius 1 is 1.44 bits per heavy atom. The SMILES string of the molecule is COC1(CNC(=O)NC(=O)CCCl)CCC1. The maximum atomic E-state index is 11.3. The summed E-state index contributed by atoms with van der Waals surface area (Å²) in [7, 11) is 1.64. The number of ether oxygens (including phenoxy) is 1. The summed E-state index contributed by atoms with van der Waals surface area (Å²) >= 11 is 5.37. The van der Waals surface area contributed by atoms with Gasteiger partial charge in [0.15, 0.2) is 0 Å². The Balaban J connectivity index is 2.22. The molecule has 0 spiro atoms. The van der Waals surface area contributed by atoms with E-state index in [0.717, 1.165) is 19.3 Å². The average molecular weight is 249 g/mol. The first-order valence-electron chi connectivity index (χ1n) is 5.31. The second-order valence-corrected chi connectivity index (χ2v) is 4.29. The van der Waals surface area contributed by atoms with Gasteiger partial charge in [-0.25, -0.2) is 4.79 Å². The third-order valence-corrected chi connectivity index (χ3v) is 3.03. The molecule has 3 amide bonds. The summed E-state index contributed by atoms with van der Waals surface area (Å²) in [5.41, 5.74) is -0.229. The molecular weight excluding hydrogens is 232 g/mol. The third-order valence-electron chi connectivity index (χ3n) is 2.84. The Morgan fingerprint density at radius 2 is 2.12 bits per heavy atom. The standard InChI is InChI=1S/C10H17ClN2O3/c1-16-10(4-2-5-10)7-12-9(15)13-8(14)3-6-11/h2-7H2,1H3,(H2,12,13,14,15). The monoisotopic (exact) mass is 248 g/mol. The number of hydrogen-bond donors (Lipinski definition) is 2. The van der Waals surface area contributed by atoms with Crippen molar-refractivity contribution in [2.24, 2.45) is 0 Å². The van der Waals surface area contributed by atoms with Gasteiger partial charge in [-0.2, -0.15) is 0 Å². The molecule has 0 aromatic heterocycles. The molecule has 0 aromatic rings. The van der Waals surface area contributed by atoms with E-state index in [1.54, 1.807) is 7.11 Å². The van der Waals surface area contributed by atoms with Crippen LogP contribution >= 0.6 is 11.6 Å². The van der Waals surface area contributed by atoms with E-state index in [2.05, 4.69) is 10.6 Å². The van der Waals surface area contributed by atoms with E-state index in [1.165, 1.54) is 0 Å². The Kier molecular flexibility index (Phi) is 5.02. The van der Waals surface area contributed by atoms with Crippen LogP contribution in [0.3, 0.4) is 0 Å². The van der Waals surface area contributed by atoms with E-state index in [0.29, 0.717) is 6.54 Å². The largest absolute Gasteiger partial charge is 0.376 e. The van der Waals surface area contributed by atoms with Crippen molar-refractivity contribution in [2.75, 3.05) is 19.5 Å². The lowest BCUT2D eigenvalue weighted by Gasteiger charge is -2.40. The highest BCUT2D eigenvalue weighted by Gasteiger charge is 2.37. The number of hydrogen-bond acceptors (Lipinski definition) is 3. The first-order valence-corrected chi connectivity index (χ1v) is 5.84. The lowest BCUT2D eigenvalue weighted by atomic mass is 9.80. The van der Waals surface area contributed by atoms with E-state index in [9.17, 15) is 9.59 Å². The minimum Gasteiger partial charge on any atom is -0.376 e. The summed E-state index contributed by atoms with van der Waals surface area (Å²) in [5, 5.41) is 4.82. The molecule has 0 heterocycles. The van der Waals surface area contributed by atoms with Crippen molar-refractivity contribution in [3.63, 3.8) is 0 Å². The van der Waals surface area contributed by atoms with Gasteiger partial charge < -0.3 is 10.1 Å². The zero-order chi connectivity index (χ0) is 12.0. The van der Waals surface area contributed by atoms with Crippen molar-refractivity contribution in [2.45, 2.75) is 31.3 Å². The van der Waals surface area contributed by atoms with Crippen molar-refractivity contribution in [1.82, 2.24) is 10.6 Å². The van der Waals surface area contributed by atoms with Crippen LogP contribution in [0, 0.1) is 0 Å². The fourth-order valence-electron chi connectivity index (χ4n) is 1.58. The fourth-order valence-corrected chi connectivity index (χ4v) is 1.76. The Bertz CT molecular complexity index is 261. The highest BCUT2D eigenvalue weighted by atomic mass is 35.5. The fraction of sp³-hybridized carbons (Fsp3) is 0.800. The minimum atomic E-state index is -0.488. The summed E-state index contributed by atoms with van der Waals surface area (Å²) in [4.78, 5) is 22.3. The topological polar surface area (TPSA) is 67.4 Å². The Labute approximate surface area is 99.9 Å². The van der Waals surface area contributed by atoms with Gasteiger partial charge in [0.1, 0.15) is 0 Å². The van der Waals surface area contributed by atoms with Gasteiger partial charge in [-0.05, 0) is 19.3 Å². The molecule has 2 N–H and O–H groups in total. The Hall–Kier alpha value is -0.810. The lowest BCUT2D eigenvalue weighted by molar-refractivity contribution is -0.119. The highest BCUT2D eigenvalue weighted by Crippen LogP contribution is 2.34. The van der Waals surface area contributed by atoms with Crippen LogP contribution in [0.25, 0.3) is 0 Å². The van der Waals surface area contributed by atoms with Gasteiger partial charge in [0.25, 0.3) is 0 Å². The van der Waals surface area contributed by atoms with Gasteiger partial charge in [-0.1, -0.05) is 0 Å². The van der Waals surface area contributed by atoms with Gasteiger partial charge >= 0.3 is 6.03 Å². The number of halogens is 1. The van der Waals surface area contributed by atoms with E-state index in [-0.39, 0.29) is 23.8 Å². The second-order valence-electron chi connectivity index (χ2n) is 3.91. The molecule has 1 aliphatic rings. The van der Waals surface area contributed by atoms with Crippen molar-refractivity contribution >= 4 is 23.5 Å². The zero-order valence-electron chi connectivity index (χ0n) is 9.35. The van der Waals surface area contributed by atoms with Gasteiger partial charge in [-0.3, -0.25) is 10.1 Å². The molecule has 1 rings (SSSR count). The summed E-state index contributed by atoms with van der Waals surface area (Å²) in [6.07, 6.45) is 3.14. The van der Waals surface area contributed by atoms with Crippen LogP contribution in [-0.4, -0.2) is 37.1 Å². The molecule has 0 unspecified atom stereocenters. The average Bonchev–Trinajstić information content (AvgIpc) is 2.17. The van der Waals surface area contributed by atoms with Gasteiger partial charge in [0.05, 0.1) is 5.60 Å². The predicted molar refractivity (Wildman–Crippen MR) is 60.5 cm³/mol. The molecule has 0 aliphatic heterocycles. The van der Waals surface area contributed by atoms with Crippen molar-refractivity contribution in [3.05, 3.63) is 0 Å². The van der Waals surface area contributed by atoms with E-state index < -0.39 is 6.03 Å². The van der Waals surface area contributed by atoms with Gasteiger partial charge in [0.2, 0.25) is 5.91 Å². The molecule has 0 bridgehead atoms. The van der Waals surface area contributed by atoms with E-state index >= 15 is 0 Å². The maximum absolute atomic E-state index is 11.3. The zero-order valence-corrected chi connectivity index (χ0v) is 10.1. The first-order chi connectivity index (χ1) is 7.62. The smallest absolute Gasteiger partial charge is 0.321 e. The van der Waals surface area contributed by atoms with Gasteiger partial charge in [-0.15, -0.1) is 11.6 Å². The van der Waals surface area contributed by atoms with Crippen LogP contribution in [0.1, 0.15) is 25.7 Å². The number of amides is 3. The number of nitrogens with one attached hydrogen (secondary N) is 2. The highest BCUT2D eigenvalue weighted by molar-refractivity contribution is 6.19. The van der Waals surface area contributed by atoms with Crippen LogP contribution in [-0.2, 0) is 9.53 Å². The van der Waals surface area contributed by atoms with Crippen molar-refractivity contribution in [1.29, 1.82) is 0 Å². The number of alkyl halides is 1. The summed E-state index contributed by atoms with van der Waals surface area (Å²) < 4.78 is 5.33. The van der Waals surface area contributed by atoms with E-state index in [4.69, 9.17) is 16.3 Å². The van der Waals surface area contributed by atoms with Crippen molar-refractivity contribution in [3.8, 4) is 0 Å². The predicted octanol–water partition coefficient (Wildman–Crippen LogP) is 1.01. The first kappa shape index (κ1) is 13.3. The number of carbonyl (C=O) groups is 2. The van der Waals surface area contributed by atoms with Crippen LogP contribution in [0.2, 0.25) is 0 Å². The molecule has 1 saturated carbocycles. The summed E-state index contributed by atoms with van der Waals surface area (Å²) in [5.74, 6) is -0.159. The molecule has 16 heavy (non-hydrogen) atoms. The Morgan fingerprint density at radius 3 is 2.56 bits per heavy atom. The number of methoxy groups -OCH3 is 1. The van der Waals surface area contributed by atoms with Crippen LogP contribution in [0.5, 0.6) is 0 Å². The van der Waals surface area contributed by atoms with Gasteiger partial charge in [0, 0.05) is 26.0 Å². The second kappa shape index (κ2) is 6.06. The maximum Gasteiger partial charge on any atom is 0.321 e. The number of urea groups is 1. The molecule has 1 fully saturated rings. The van der Waals surface area contributed by atoms with Crippen LogP contribution in [0.4, 0.5) is 4.79 Å². The summed E-state index contributed by atoms with van der Waals surface area (Å²) in [6.45, 7) is 0.434. The lowest BCUT2D eigenvalue weighted by Crippen LogP contribution is -2.52. The molecule has 0 atom stereocenters. The quantitative estimate of drug-likeness (QED) is 0.714. The molecule has 0 radical (unpaired) electrons. The molecule has 0 saturated heterocycles. The molecule has 5 nitrogen and oxygen atoms in total. The van der Waals surface area contributed by atoms with Crippen LogP contribution < -0.4 is 10.6 Å².